The van der Waals surface area contributed by atoms with Gasteiger partial charge in [-0.25, -0.2) is 9.78 Å². The number of hydrogen-bond donors (Lipinski definition) is 3. The SMILES string of the molecule is C=CC(=O)N1CC[C@H](NC(=O)c2sc3nccc4c3c2NC(=O)N4c2ccc(Oc3ccccc3)cc2)[C@H](O)C1. The van der Waals surface area contributed by atoms with Crippen LogP contribution in [0.25, 0.3) is 10.2 Å². The fourth-order valence-corrected chi connectivity index (χ4v) is 5.97. The van der Waals surface area contributed by atoms with Crippen molar-refractivity contribution in [2.75, 3.05) is 23.3 Å². The number of anilines is 3. The van der Waals surface area contributed by atoms with Gasteiger partial charge in [0.2, 0.25) is 5.91 Å². The van der Waals surface area contributed by atoms with E-state index in [1.807, 2.05) is 30.3 Å². The summed E-state index contributed by atoms with van der Waals surface area (Å²) in [5, 5.41) is 17.0. The number of nitrogens with one attached hydrogen (secondary N) is 2. The van der Waals surface area contributed by atoms with Gasteiger partial charge in [-0.3, -0.25) is 14.5 Å². The van der Waals surface area contributed by atoms with E-state index in [9.17, 15) is 19.5 Å². The largest absolute Gasteiger partial charge is 0.457 e. The third-order valence-electron chi connectivity index (χ3n) is 6.91. The first-order valence-electron chi connectivity index (χ1n) is 12.7. The Morgan fingerprint density at radius 3 is 2.60 bits per heavy atom. The van der Waals surface area contributed by atoms with E-state index in [4.69, 9.17) is 4.74 Å². The molecule has 0 aliphatic carbocycles. The Hall–Kier alpha value is -4.74. The number of amides is 4. The van der Waals surface area contributed by atoms with Crippen LogP contribution in [0.5, 0.6) is 11.5 Å². The molecule has 11 heteroatoms. The van der Waals surface area contributed by atoms with E-state index < -0.39 is 24.1 Å². The maximum absolute atomic E-state index is 13.4. The maximum Gasteiger partial charge on any atom is 0.331 e. The highest BCUT2D eigenvalue weighted by Gasteiger charge is 2.35. The highest BCUT2D eigenvalue weighted by atomic mass is 32.1. The summed E-state index contributed by atoms with van der Waals surface area (Å²) in [7, 11) is 0. The molecule has 4 aromatic rings. The number of aromatic nitrogens is 1. The number of nitrogens with zero attached hydrogens (tertiary/aromatic N) is 3. The predicted octanol–water partition coefficient (Wildman–Crippen LogP) is 4.65. The Bertz CT molecular complexity index is 1620. The van der Waals surface area contributed by atoms with E-state index in [1.54, 1.807) is 36.5 Å². The molecule has 40 heavy (non-hydrogen) atoms. The number of aliphatic hydroxyl groups is 1. The number of likely N-dealkylation sites (tertiary alicyclic amines) is 1. The fraction of sp³-hybridized carbons (Fsp3) is 0.172. The molecule has 2 aliphatic heterocycles. The molecular weight excluding hydrogens is 530 g/mol. The molecule has 0 spiro atoms. The summed E-state index contributed by atoms with van der Waals surface area (Å²) < 4.78 is 5.87. The van der Waals surface area contributed by atoms with Crippen molar-refractivity contribution in [1.82, 2.24) is 15.2 Å². The van der Waals surface area contributed by atoms with Crippen molar-refractivity contribution in [2.24, 2.45) is 0 Å². The highest BCUT2D eigenvalue weighted by Crippen LogP contribution is 2.46. The minimum atomic E-state index is -0.931. The minimum absolute atomic E-state index is 0.0989. The van der Waals surface area contributed by atoms with Crippen molar-refractivity contribution in [3.63, 3.8) is 0 Å². The van der Waals surface area contributed by atoms with E-state index in [-0.39, 0.29) is 12.5 Å². The van der Waals surface area contributed by atoms with Gasteiger partial charge in [-0.1, -0.05) is 24.8 Å². The van der Waals surface area contributed by atoms with Gasteiger partial charge in [-0.2, -0.15) is 0 Å². The standard InChI is InChI=1S/C29H25N5O5S/c1-2-23(36)33-15-13-20(22(35)16-33)31-27(37)26-25-24-21(12-14-30-28(24)40-26)34(29(38)32-25)17-8-10-19(11-9-17)39-18-6-4-3-5-7-18/h2-12,14,20,22,35H,1,13,15-16H2,(H,31,37)(H,32,38)/t20-,22+/m0/s1. The number of piperidine rings is 1. The Morgan fingerprint density at radius 2 is 1.88 bits per heavy atom. The second kappa shape index (κ2) is 10.4. The van der Waals surface area contributed by atoms with E-state index in [1.165, 1.54) is 27.2 Å². The first kappa shape index (κ1) is 25.5. The van der Waals surface area contributed by atoms with Gasteiger partial charge in [-0.15, -0.1) is 11.3 Å². The number of aliphatic hydroxyl groups excluding tert-OH is 1. The number of hydrogen-bond acceptors (Lipinski definition) is 7. The molecule has 2 aliphatic rings. The third-order valence-corrected chi connectivity index (χ3v) is 8.01. The second-order valence-electron chi connectivity index (χ2n) is 9.42. The molecule has 1 fully saturated rings. The lowest BCUT2D eigenvalue weighted by molar-refractivity contribution is -0.129. The van der Waals surface area contributed by atoms with Crippen LogP contribution < -0.4 is 20.3 Å². The monoisotopic (exact) mass is 555 g/mol. The summed E-state index contributed by atoms with van der Waals surface area (Å²) in [5.41, 5.74) is 1.61. The number of carbonyl (C=O) groups excluding carboxylic acids is 3. The quantitative estimate of drug-likeness (QED) is 0.298. The zero-order chi connectivity index (χ0) is 27.8. The Morgan fingerprint density at radius 1 is 1.12 bits per heavy atom. The van der Waals surface area contributed by atoms with Gasteiger partial charge in [0.05, 0.1) is 34.6 Å². The number of β-amino-alcohol motifs (C(OH)–C–C–N with tert-alkyl or cyclic N) is 1. The smallest absolute Gasteiger partial charge is 0.331 e. The van der Waals surface area contributed by atoms with Crippen molar-refractivity contribution < 1.29 is 24.2 Å². The second-order valence-corrected chi connectivity index (χ2v) is 10.4. The summed E-state index contributed by atoms with van der Waals surface area (Å²) in [6.45, 7) is 3.97. The van der Waals surface area contributed by atoms with Crippen molar-refractivity contribution in [1.29, 1.82) is 0 Å². The molecular formula is C29H25N5O5S. The van der Waals surface area contributed by atoms with E-state index in [0.717, 1.165) is 0 Å². The average molecular weight is 556 g/mol. The first-order valence-corrected chi connectivity index (χ1v) is 13.5. The molecule has 2 aromatic carbocycles. The van der Waals surface area contributed by atoms with E-state index in [2.05, 4.69) is 22.2 Å². The zero-order valence-corrected chi connectivity index (χ0v) is 22.1. The number of ether oxygens (including phenoxy) is 1. The van der Waals surface area contributed by atoms with Crippen LogP contribution in [0.4, 0.5) is 21.9 Å². The molecule has 4 amide bonds. The predicted molar refractivity (Wildman–Crippen MR) is 152 cm³/mol. The van der Waals surface area contributed by atoms with E-state index in [0.29, 0.717) is 56.6 Å². The van der Waals surface area contributed by atoms with Gasteiger partial charge >= 0.3 is 6.03 Å². The topological polar surface area (TPSA) is 124 Å². The number of urea groups is 1. The molecule has 2 aromatic heterocycles. The van der Waals surface area contributed by atoms with Crippen LogP contribution in [0.1, 0.15) is 16.1 Å². The van der Waals surface area contributed by atoms with Crippen LogP contribution in [-0.2, 0) is 4.79 Å². The van der Waals surface area contributed by atoms with Crippen LogP contribution in [0.3, 0.4) is 0 Å². The van der Waals surface area contributed by atoms with Crippen molar-refractivity contribution >= 4 is 56.5 Å². The summed E-state index contributed by atoms with van der Waals surface area (Å²) in [6, 6.07) is 17.3. The van der Waals surface area contributed by atoms with Crippen LogP contribution in [0.2, 0.25) is 0 Å². The van der Waals surface area contributed by atoms with Gasteiger partial charge in [0.25, 0.3) is 5.91 Å². The van der Waals surface area contributed by atoms with Crippen molar-refractivity contribution in [3.05, 3.63) is 84.4 Å². The number of pyridine rings is 1. The third kappa shape index (κ3) is 4.65. The number of rotatable bonds is 6. The Labute approximate surface area is 233 Å². The highest BCUT2D eigenvalue weighted by molar-refractivity contribution is 7.21. The number of benzene rings is 2. The lowest BCUT2D eigenvalue weighted by Gasteiger charge is -2.35. The molecule has 0 unspecified atom stereocenters. The molecule has 3 N–H and O–H groups in total. The molecule has 2 atom stereocenters. The first-order chi connectivity index (χ1) is 19.4. The number of carbonyl (C=O) groups is 3. The fourth-order valence-electron chi connectivity index (χ4n) is 4.95. The lowest BCUT2D eigenvalue weighted by Crippen LogP contribution is -2.55. The molecule has 1 saturated heterocycles. The van der Waals surface area contributed by atoms with Crippen molar-refractivity contribution in [3.8, 4) is 11.5 Å². The molecule has 10 nitrogen and oxygen atoms in total. The summed E-state index contributed by atoms with van der Waals surface area (Å²) in [4.78, 5) is 47.0. The van der Waals surface area contributed by atoms with Gasteiger partial charge in [-0.05, 0) is 55.0 Å². The van der Waals surface area contributed by atoms with Crippen molar-refractivity contribution in [2.45, 2.75) is 18.6 Å². The van der Waals surface area contributed by atoms with Gasteiger partial charge < -0.3 is 25.4 Å². The molecule has 0 saturated carbocycles. The summed E-state index contributed by atoms with van der Waals surface area (Å²) in [5.74, 6) is 0.651. The molecule has 0 radical (unpaired) electrons. The summed E-state index contributed by atoms with van der Waals surface area (Å²) >= 11 is 1.17. The van der Waals surface area contributed by atoms with E-state index >= 15 is 0 Å². The van der Waals surface area contributed by atoms with Crippen LogP contribution in [0.15, 0.2) is 79.5 Å². The minimum Gasteiger partial charge on any atom is -0.457 e. The van der Waals surface area contributed by atoms with Crippen LogP contribution in [-0.4, -0.2) is 58.1 Å². The van der Waals surface area contributed by atoms with Gasteiger partial charge in [0, 0.05) is 19.3 Å². The molecule has 4 heterocycles. The summed E-state index contributed by atoms with van der Waals surface area (Å²) in [6.07, 6.45) is 2.27. The number of thiophene rings is 1. The zero-order valence-electron chi connectivity index (χ0n) is 21.2. The average Bonchev–Trinajstić information content (AvgIpc) is 3.34. The van der Waals surface area contributed by atoms with Crippen LogP contribution in [0, 0.1) is 0 Å². The maximum atomic E-state index is 13.4. The normalized spacial score (nSPS) is 18.3. The van der Waals surface area contributed by atoms with Crippen LogP contribution >= 0.6 is 11.3 Å². The number of para-hydroxylation sites is 1. The lowest BCUT2D eigenvalue weighted by atomic mass is 10.0. The molecule has 202 valence electrons. The molecule has 0 bridgehead atoms. The van der Waals surface area contributed by atoms with Gasteiger partial charge in [0.1, 0.15) is 21.2 Å². The Kier molecular flexibility index (Phi) is 6.66. The van der Waals surface area contributed by atoms with Gasteiger partial charge in [0.15, 0.2) is 0 Å². The molecule has 6 rings (SSSR count). The Balaban J connectivity index is 1.25.